The van der Waals surface area contributed by atoms with Crippen molar-refractivity contribution < 1.29 is 28.4 Å². The number of hydrogen-bond acceptors (Lipinski definition) is 7. The lowest BCUT2D eigenvalue weighted by atomic mass is 10.1. The van der Waals surface area contributed by atoms with Gasteiger partial charge in [-0.1, -0.05) is 24.3 Å². The molecule has 0 atom stereocenters. The average molecular weight is 523 g/mol. The Balaban J connectivity index is 1.50. The molecule has 0 N–H and O–H groups in total. The molecule has 0 unspecified atom stereocenters. The maximum Gasteiger partial charge on any atom is 0.293 e. The summed E-state index contributed by atoms with van der Waals surface area (Å²) in [6, 6.07) is 15.5. The minimum absolute atomic E-state index is 0.0538. The van der Waals surface area contributed by atoms with Crippen molar-refractivity contribution in [2.24, 2.45) is 0 Å². The maximum atomic E-state index is 13.2. The van der Waals surface area contributed by atoms with Crippen molar-refractivity contribution in [2.75, 3.05) is 13.2 Å². The summed E-state index contributed by atoms with van der Waals surface area (Å²) in [5.74, 6) is 0.0625. The first kappa shape index (κ1) is 25.9. The molecule has 1 aliphatic rings. The molecule has 0 aliphatic carbocycles. The Morgan fingerprint density at radius 3 is 2.49 bits per heavy atom. The van der Waals surface area contributed by atoms with Crippen LogP contribution in [0.1, 0.15) is 22.3 Å². The van der Waals surface area contributed by atoms with Crippen LogP contribution in [0.25, 0.3) is 6.08 Å². The number of aryl methyl sites for hydroxylation is 2. The molecule has 1 aliphatic heterocycles. The van der Waals surface area contributed by atoms with Gasteiger partial charge in [-0.15, -0.1) is 0 Å². The molecular weight excluding hydrogens is 499 g/mol. The topological polar surface area (TPSA) is 99.0 Å². The van der Waals surface area contributed by atoms with Crippen molar-refractivity contribution in [1.29, 1.82) is 0 Å². The highest BCUT2D eigenvalue weighted by molar-refractivity contribution is 8.18. The van der Waals surface area contributed by atoms with Crippen LogP contribution in [0.4, 0.5) is 14.9 Å². The first-order valence-electron chi connectivity index (χ1n) is 11.3. The van der Waals surface area contributed by atoms with E-state index in [-0.39, 0.29) is 47.5 Å². The Hall–Kier alpha value is -4.18. The number of rotatable bonds is 9. The van der Waals surface area contributed by atoms with Gasteiger partial charge in [0.15, 0.2) is 0 Å². The maximum absolute atomic E-state index is 13.2. The third-order valence-corrected chi connectivity index (χ3v) is 6.50. The van der Waals surface area contributed by atoms with Gasteiger partial charge in [-0.25, -0.2) is 4.39 Å². The molecule has 1 saturated heterocycles. The van der Waals surface area contributed by atoms with Crippen LogP contribution in [0, 0.1) is 29.8 Å². The fourth-order valence-electron chi connectivity index (χ4n) is 3.58. The molecule has 1 fully saturated rings. The summed E-state index contributed by atoms with van der Waals surface area (Å²) < 4.78 is 24.8. The molecule has 37 heavy (non-hydrogen) atoms. The number of imide groups is 1. The molecule has 0 aromatic heterocycles. The van der Waals surface area contributed by atoms with Gasteiger partial charge in [0.2, 0.25) is 0 Å². The second-order valence-corrected chi connectivity index (χ2v) is 9.34. The number of nitro benzene ring substituents is 1. The molecule has 0 bridgehead atoms. The van der Waals surface area contributed by atoms with Gasteiger partial charge in [-0.05, 0) is 72.6 Å². The highest BCUT2D eigenvalue weighted by Crippen LogP contribution is 2.35. The van der Waals surface area contributed by atoms with Crippen molar-refractivity contribution in [2.45, 2.75) is 20.5 Å². The van der Waals surface area contributed by atoms with Gasteiger partial charge in [-0.2, -0.15) is 0 Å². The van der Waals surface area contributed by atoms with Crippen LogP contribution < -0.4 is 9.47 Å². The molecular formula is C27H23FN2O6S. The van der Waals surface area contributed by atoms with Gasteiger partial charge in [0, 0.05) is 17.7 Å². The van der Waals surface area contributed by atoms with Crippen molar-refractivity contribution in [3.8, 4) is 11.5 Å². The van der Waals surface area contributed by atoms with Crippen molar-refractivity contribution >= 4 is 34.7 Å². The molecule has 0 radical (unpaired) electrons. The van der Waals surface area contributed by atoms with E-state index in [0.29, 0.717) is 11.3 Å². The van der Waals surface area contributed by atoms with E-state index in [1.165, 1.54) is 36.4 Å². The third kappa shape index (κ3) is 6.34. The fraction of sp³-hybridized carbons (Fsp3) is 0.185. The summed E-state index contributed by atoms with van der Waals surface area (Å²) in [5.41, 5.74) is 2.74. The van der Waals surface area contributed by atoms with Crippen LogP contribution in [-0.4, -0.2) is 34.1 Å². The molecule has 2 amide bonds. The molecule has 8 nitrogen and oxygen atoms in total. The van der Waals surface area contributed by atoms with E-state index in [4.69, 9.17) is 9.47 Å². The number of non-ortho nitro benzene ring substituents is 1. The van der Waals surface area contributed by atoms with E-state index in [1.54, 1.807) is 12.1 Å². The average Bonchev–Trinajstić information content (AvgIpc) is 3.13. The first-order chi connectivity index (χ1) is 17.7. The minimum Gasteiger partial charge on any atom is -0.491 e. The smallest absolute Gasteiger partial charge is 0.293 e. The van der Waals surface area contributed by atoms with Crippen LogP contribution in [-0.2, 0) is 11.4 Å². The molecule has 3 aromatic rings. The summed E-state index contributed by atoms with van der Waals surface area (Å²) in [7, 11) is 0. The van der Waals surface area contributed by atoms with Crippen LogP contribution in [0.15, 0.2) is 65.6 Å². The number of benzene rings is 3. The van der Waals surface area contributed by atoms with Gasteiger partial charge < -0.3 is 9.47 Å². The molecule has 3 aromatic carbocycles. The van der Waals surface area contributed by atoms with Crippen LogP contribution >= 0.6 is 11.8 Å². The van der Waals surface area contributed by atoms with Gasteiger partial charge >= 0.3 is 0 Å². The van der Waals surface area contributed by atoms with E-state index in [0.717, 1.165) is 27.8 Å². The fourth-order valence-corrected chi connectivity index (χ4v) is 4.43. The third-order valence-electron chi connectivity index (χ3n) is 5.59. The zero-order chi connectivity index (χ0) is 26.5. The zero-order valence-corrected chi connectivity index (χ0v) is 20.9. The predicted molar refractivity (Wildman–Crippen MR) is 138 cm³/mol. The Labute approximate surface area is 216 Å². The van der Waals surface area contributed by atoms with Crippen LogP contribution in [0.5, 0.6) is 11.5 Å². The summed E-state index contributed by atoms with van der Waals surface area (Å²) in [4.78, 5) is 37.5. The lowest BCUT2D eigenvalue weighted by molar-refractivity contribution is -0.384. The molecule has 4 rings (SSSR count). The van der Waals surface area contributed by atoms with Crippen LogP contribution in [0.2, 0.25) is 0 Å². The molecule has 1 heterocycles. The number of ether oxygens (including phenoxy) is 2. The molecule has 190 valence electrons. The van der Waals surface area contributed by atoms with Crippen molar-refractivity contribution in [1.82, 2.24) is 4.90 Å². The summed E-state index contributed by atoms with van der Waals surface area (Å²) >= 11 is 0.743. The first-order valence-corrected chi connectivity index (χ1v) is 12.1. The monoisotopic (exact) mass is 522 g/mol. The second-order valence-electron chi connectivity index (χ2n) is 8.35. The van der Waals surface area contributed by atoms with Crippen molar-refractivity contribution in [3.63, 3.8) is 0 Å². The molecule has 0 spiro atoms. The Morgan fingerprint density at radius 2 is 1.76 bits per heavy atom. The number of hydrogen-bond donors (Lipinski definition) is 0. The predicted octanol–water partition coefficient (Wildman–Crippen LogP) is 6.05. The quantitative estimate of drug-likeness (QED) is 0.192. The Kier molecular flexibility index (Phi) is 7.88. The van der Waals surface area contributed by atoms with E-state index < -0.39 is 16.1 Å². The SMILES string of the molecule is Cc1ccc(C)c(OCCN2C(=O)S/C(=C\c3cc([N+](=O)[O-])ccc3OCc3ccc(F)cc3)C2=O)c1. The number of amides is 2. The summed E-state index contributed by atoms with van der Waals surface area (Å²) in [6.45, 7) is 4.11. The number of thioether (sulfide) groups is 1. The lowest BCUT2D eigenvalue weighted by Crippen LogP contribution is -2.32. The number of halogens is 1. The minimum atomic E-state index is -0.558. The van der Waals surface area contributed by atoms with E-state index in [9.17, 15) is 24.1 Å². The highest BCUT2D eigenvalue weighted by Gasteiger charge is 2.35. The summed E-state index contributed by atoms with van der Waals surface area (Å²) in [6.07, 6.45) is 1.41. The van der Waals surface area contributed by atoms with E-state index in [1.807, 2.05) is 32.0 Å². The zero-order valence-electron chi connectivity index (χ0n) is 20.1. The van der Waals surface area contributed by atoms with Gasteiger partial charge in [0.05, 0.1) is 16.4 Å². The number of carbonyl (C=O) groups excluding carboxylic acids is 2. The number of nitro groups is 1. The number of carbonyl (C=O) groups is 2. The van der Waals surface area contributed by atoms with E-state index >= 15 is 0 Å². The van der Waals surface area contributed by atoms with Crippen LogP contribution in [0.3, 0.4) is 0 Å². The second kappa shape index (κ2) is 11.3. The van der Waals surface area contributed by atoms with E-state index in [2.05, 4.69) is 0 Å². The van der Waals surface area contributed by atoms with Gasteiger partial charge in [0.1, 0.15) is 30.5 Å². The Morgan fingerprint density at radius 1 is 1.00 bits per heavy atom. The van der Waals surface area contributed by atoms with Crippen molar-refractivity contribution in [3.05, 3.63) is 104 Å². The van der Waals surface area contributed by atoms with Gasteiger partial charge in [0.25, 0.3) is 16.8 Å². The van der Waals surface area contributed by atoms with Gasteiger partial charge in [-0.3, -0.25) is 24.6 Å². The largest absolute Gasteiger partial charge is 0.491 e. The Bertz CT molecular complexity index is 1390. The standard InChI is InChI=1S/C27H23FN2O6S/c1-17-3-4-18(2)24(13-17)35-12-11-29-26(31)25(37-27(29)32)15-20-14-22(30(33)34)9-10-23(20)36-16-19-5-7-21(28)8-6-19/h3-10,13-15H,11-12,16H2,1-2H3/b25-15-. The summed E-state index contributed by atoms with van der Waals surface area (Å²) in [5, 5.41) is 10.9. The lowest BCUT2D eigenvalue weighted by Gasteiger charge is -2.14. The highest BCUT2D eigenvalue weighted by atomic mass is 32.2. The molecule has 0 saturated carbocycles. The normalized spacial score (nSPS) is 14.4. The number of nitrogens with zero attached hydrogens (tertiary/aromatic N) is 2. The molecule has 10 heteroatoms.